The fourth-order valence-corrected chi connectivity index (χ4v) is 2.44. The minimum absolute atomic E-state index is 0.121. The van der Waals surface area contributed by atoms with Crippen molar-refractivity contribution in [1.29, 1.82) is 0 Å². The number of nitrogens with zero attached hydrogens (tertiary/aromatic N) is 1. The summed E-state index contributed by atoms with van der Waals surface area (Å²) in [5, 5.41) is 2.65. The number of carbonyl (C=O) groups is 2. The van der Waals surface area contributed by atoms with Crippen molar-refractivity contribution in [3.63, 3.8) is 0 Å². The van der Waals surface area contributed by atoms with Crippen LogP contribution in [0.5, 0.6) is 0 Å². The van der Waals surface area contributed by atoms with E-state index in [1.165, 1.54) is 16.2 Å². The molecule has 88 valence electrons. The molecule has 1 unspecified atom stereocenters. The normalized spacial score (nSPS) is 12.0. The molecule has 4 nitrogen and oxygen atoms in total. The highest BCUT2D eigenvalue weighted by atomic mass is 79.9. The smallest absolute Gasteiger partial charge is 0.262 e. The molecular formula is C10H13BrN2O2S. The van der Waals surface area contributed by atoms with Gasteiger partial charge in [0, 0.05) is 14.1 Å². The molecule has 1 N–H and O–H groups in total. The Bertz CT molecular complexity index is 403. The Balaban J connectivity index is 2.61. The fourth-order valence-electron chi connectivity index (χ4n) is 1.15. The maximum atomic E-state index is 11.7. The van der Waals surface area contributed by atoms with Crippen LogP contribution < -0.4 is 5.32 Å². The predicted octanol–water partition coefficient (Wildman–Crippen LogP) is 1.72. The number of rotatable bonds is 3. The molecule has 0 saturated carbocycles. The van der Waals surface area contributed by atoms with E-state index in [2.05, 4.69) is 21.2 Å². The number of carbonyl (C=O) groups excluding carboxylic acids is 2. The van der Waals surface area contributed by atoms with Crippen molar-refractivity contribution in [3.8, 4) is 0 Å². The second-order valence-electron chi connectivity index (χ2n) is 3.53. The Morgan fingerprint density at radius 3 is 2.50 bits per heavy atom. The standard InChI is InChI=1S/C10H13BrN2O2S/c1-6(10(15)13(2)3)12-9(14)7-4-5-8(11)16-7/h4-6H,1-3H3,(H,12,14). The van der Waals surface area contributed by atoms with E-state index >= 15 is 0 Å². The summed E-state index contributed by atoms with van der Waals surface area (Å²) in [6.45, 7) is 1.67. The van der Waals surface area contributed by atoms with Gasteiger partial charge in [-0.2, -0.15) is 0 Å². The summed E-state index contributed by atoms with van der Waals surface area (Å²) in [5.41, 5.74) is 0. The quantitative estimate of drug-likeness (QED) is 0.924. The van der Waals surface area contributed by atoms with Crippen LogP contribution >= 0.6 is 27.3 Å². The Kier molecular flexibility index (Phi) is 4.49. The summed E-state index contributed by atoms with van der Waals surface area (Å²) in [4.78, 5) is 25.3. The molecule has 0 aliphatic rings. The molecule has 0 fully saturated rings. The van der Waals surface area contributed by atoms with Crippen molar-refractivity contribution >= 4 is 39.1 Å². The SMILES string of the molecule is CC(NC(=O)c1ccc(Br)s1)C(=O)N(C)C. The van der Waals surface area contributed by atoms with Crippen LogP contribution in [0.2, 0.25) is 0 Å². The van der Waals surface area contributed by atoms with E-state index in [0.717, 1.165) is 3.79 Å². The molecule has 0 aliphatic carbocycles. The largest absolute Gasteiger partial charge is 0.347 e. The van der Waals surface area contributed by atoms with Gasteiger partial charge in [-0.15, -0.1) is 11.3 Å². The average Bonchev–Trinajstić information content (AvgIpc) is 2.63. The zero-order chi connectivity index (χ0) is 12.3. The summed E-state index contributed by atoms with van der Waals surface area (Å²) in [7, 11) is 3.32. The van der Waals surface area contributed by atoms with E-state index in [9.17, 15) is 9.59 Å². The molecule has 0 aliphatic heterocycles. The van der Waals surface area contributed by atoms with Gasteiger partial charge in [0.1, 0.15) is 6.04 Å². The molecule has 1 aromatic rings. The van der Waals surface area contributed by atoms with E-state index in [4.69, 9.17) is 0 Å². The van der Waals surface area contributed by atoms with Crippen LogP contribution in [0.15, 0.2) is 15.9 Å². The second-order valence-corrected chi connectivity index (χ2v) is 5.99. The predicted molar refractivity (Wildman–Crippen MR) is 67.6 cm³/mol. The van der Waals surface area contributed by atoms with Crippen molar-refractivity contribution in [1.82, 2.24) is 10.2 Å². The first-order valence-electron chi connectivity index (χ1n) is 4.69. The molecule has 1 heterocycles. The van der Waals surface area contributed by atoms with Gasteiger partial charge in [-0.25, -0.2) is 0 Å². The van der Waals surface area contributed by atoms with Crippen molar-refractivity contribution in [2.75, 3.05) is 14.1 Å². The molecule has 16 heavy (non-hydrogen) atoms. The van der Waals surface area contributed by atoms with Gasteiger partial charge >= 0.3 is 0 Å². The fraction of sp³-hybridized carbons (Fsp3) is 0.400. The molecule has 2 amide bonds. The van der Waals surface area contributed by atoms with Crippen LogP contribution in [0.25, 0.3) is 0 Å². The summed E-state index contributed by atoms with van der Waals surface area (Å²) < 4.78 is 0.893. The van der Waals surface area contributed by atoms with E-state index in [0.29, 0.717) is 4.88 Å². The van der Waals surface area contributed by atoms with E-state index in [1.54, 1.807) is 33.2 Å². The lowest BCUT2D eigenvalue weighted by molar-refractivity contribution is -0.130. The van der Waals surface area contributed by atoms with E-state index < -0.39 is 6.04 Å². The lowest BCUT2D eigenvalue weighted by atomic mass is 10.3. The highest BCUT2D eigenvalue weighted by Crippen LogP contribution is 2.21. The van der Waals surface area contributed by atoms with Gasteiger partial charge in [0.2, 0.25) is 5.91 Å². The number of amides is 2. The molecular weight excluding hydrogens is 292 g/mol. The third kappa shape index (κ3) is 3.31. The van der Waals surface area contributed by atoms with Crippen molar-refractivity contribution in [3.05, 3.63) is 20.8 Å². The van der Waals surface area contributed by atoms with Crippen molar-refractivity contribution < 1.29 is 9.59 Å². The van der Waals surface area contributed by atoms with Gasteiger partial charge in [0.05, 0.1) is 8.66 Å². The Labute approximate surface area is 107 Å². The third-order valence-corrected chi connectivity index (χ3v) is 3.58. The number of hydrogen-bond acceptors (Lipinski definition) is 3. The number of thiophene rings is 1. The topological polar surface area (TPSA) is 49.4 Å². The lowest BCUT2D eigenvalue weighted by Crippen LogP contribution is -2.44. The maximum absolute atomic E-state index is 11.7. The molecule has 0 aromatic carbocycles. The minimum Gasteiger partial charge on any atom is -0.347 e. The zero-order valence-electron chi connectivity index (χ0n) is 9.28. The molecule has 0 bridgehead atoms. The zero-order valence-corrected chi connectivity index (χ0v) is 11.7. The van der Waals surface area contributed by atoms with Gasteiger partial charge in [-0.1, -0.05) is 0 Å². The number of hydrogen-bond donors (Lipinski definition) is 1. The first-order valence-corrected chi connectivity index (χ1v) is 6.30. The van der Waals surface area contributed by atoms with E-state index in [-0.39, 0.29) is 11.8 Å². The van der Waals surface area contributed by atoms with Gasteiger partial charge in [0.25, 0.3) is 5.91 Å². The van der Waals surface area contributed by atoms with Crippen LogP contribution in [0, 0.1) is 0 Å². The van der Waals surface area contributed by atoms with Crippen LogP contribution in [0.3, 0.4) is 0 Å². The summed E-state index contributed by atoms with van der Waals surface area (Å²) in [6, 6.07) is 3.01. The first kappa shape index (κ1) is 13.2. The molecule has 0 saturated heterocycles. The summed E-state index contributed by atoms with van der Waals surface area (Å²) in [6.07, 6.45) is 0. The molecule has 1 aromatic heterocycles. The summed E-state index contributed by atoms with van der Waals surface area (Å²) in [5.74, 6) is -0.345. The number of nitrogens with one attached hydrogen (secondary N) is 1. The van der Waals surface area contributed by atoms with Gasteiger partial charge < -0.3 is 10.2 Å². The second kappa shape index (κ2) is 5.45. The van der Waals surface area contributed by atoms with Crippen LogP contribution in [-0.4, -0.2) is 36.9 Å². The Hall–Kier alpha value is -0.880. The highest BCUT2D eigenvalue weighted by molar-refractivity contribution is 9.11. The average molecular weight is 305 g/mol. The molecule has 6 heteroatoms. The molecule has 1 rings (SSSR count). The third-order valence-electron chi connectivity index (χ3n) is 1.96. The first-order chi connectivity index (χ1) is 7.41. The highest BCUT2D eigenvalue weighted by Gasteiger charge is 2.18. The number of halogens is 1. The van der Waals surface area contributed by atoms with Crippen LogP contribution in [0.4, 0.5) is 0 Å². The van der Waals surface area contributed by atoms with Gasteiger partial charge in [-0.3, -0.25) is 9.59 Å². The Morgan fingerprint density at radius 1 is 1.44 bits per heavy atom. The number of likely N-dealkylation sites (N-methyl/N-ethyl adjacent to an activating group) is 1. The summed E-state index contributed by atoms with van der Waals surface area (Å²) >= 11 is 4.62. The van der Waals surface area contributed by atoms with E-state index in [1.807, 2.05) is 0 Å². The van der Waals surface area contributed by atoms with Crippen molar-refractivity contribution in [2.24, 2.45) is 0 Å². The molecule has 0 radical (unpaired) electrons. The van der Waals surface area contributed by atoms with Crippen LogP contribution in [0.1, 0.15) is 16.6 Å². The monoisotopic (exact) mass is 304 g/mol. The maximum Gasteiger partial charge on any atom is 0.262 e. The van der Waals surface area contributed by atoms with Crippen LogP contribution in [-0.2, 0) is 4.79 Å². The van der Waals surface area contributed by atoms with Gasteiger partial charge in [-0.05, 0) is 35.0 Å². The van der Waals surface area contributed by atoms with Gasteiger partial charge in [0.15, 0.2) is 0 Å². The molecule has 1 atom stereocenters. The Morgan fingerprint density at radius 2 is 2.06 bits per heavy atom. The molecule has 0 spiro atoms. The lowest BCUT2D eigenvalue weighted by Gasteiger charge is -2.17. The van der Waals surface area contributed by atoms with Crippen molar-refractivity contribution in [2.45, 2.75) is 13.0 Å². The minimum atomic E-state index is -0.511.